The number of carboxylic acids is 1. The molecule has 3 nitrogen and oxygen atoms in total. The molecule has 2 aromatic rings. The Labute approximate surface area is 128 Å². The first-order valence-electron chi connectivity index (χ1n) is 6.95. The highest BCUT2D eigenvalue weighted by Gasteiger charge is 2.21. The van der Waals surface area contributed by atoms with Crippen LogP contribution in [0.25, 0.3) is 0 Å². The lowest BCUT2D eigenvalue weighted by Crippen LogP contribution is -2.31. The molecule has 0 saturated heterocycles. The number of aromatic carboxylic acids is 1. The number of hydrogen-bond acceptors (Lipinski definition) is 2. The van der Waals surface area contributed by atoms with Gasteiger partial charge in [-0.25, -0.2) is 4.79 Å². The molecule has 0 aromatic heterocycles. The highest BCUT2D eigenvalue weighted by Crippen LogP contribution is 2.25. The predicted molar refractivity (Wildman–Crippen MR) is 82.7 cm³/mol. The molecule has 108 valence electrons. The van der Waals surface area contributed by atoms with Gasteiger partial charge in [-0.05, 0) is 35.2 Å². The number of fused-ring (bicyclic) bond motifs is 1. The quantitative estimate of drug-likeness (QED) is 0.942. The van der Waals surface area contributed by atoms with Gasteiger partial charge in [0.25, 0.3) is 0 Å². The van der Waals surface area contributed by atoms with E-state index in [2.05, 4.69) is 4.90 Å². The van der Waals surface area contributed by atoms with Crippen molar-refractivity contribution in [2.45, 2.75) is 19.5 Å². The summed E-state index contributed by atoms with van der Waals surface area (Å²) in [5.41, 5.74) is 3.62. The van der Waals surface area contributed by atoms with Crippen molar-refractivity contribution >= 4 is 17.6 Å². The molecule has 21 heavy (non-hydrogen) atoms. The minimum Gasteiger partial charge on any atom is -0.478 e. The Bertz CT molecular complexity index is 684. The normalized spacial score (nSPS) is 14.7. The van der Waals surface area contributed by atoms with Crippen molar-refractivity contribution in [2.24, 2.45) is 0 Å². The second kappa shape index (κ2) is 5.88. The highest BCUT2D eigenvalue weighted by molar-refractivity contribution is 6.31. The van der Waals surface area contributed by atoms with Gasteiger partial charge in [-0.2, -0.15) is 0 Å². The molecular weight excluding hydrogens is 286 g/mol. The van der Waals surface area contributed by atoms with E-state index in [1.54, 1.807) is 6.07 Å². The number of halogens is 1. The standard InChI is InChI=1S/C17H16ClNO2/c18-16-7-2-1-4-13(16)11-19-9-8-14-12(10-19)5-3-6-15(14)17(20)21/h1-7H,8-11H2,(H,20,21). The van der Waals surface area contributed by atoms with Crippen LogP contribution in [0.2, 0.25) is 5.02 Å². The van der Waals surface area contributed by atoms with Gasteiger partial charge in [0.2, 0.25) is 0 Å². The van der Waals surface area contributed by atoms with E-state index in [9.17, 15) is 9.90 Å². The van der Waals surface area contributed by atoms with E-state index in [1.165, 1.54) is 0 Å². The lowest BCUT2D eigenvalue weighted by Gasteiger charge is -2.29. The summed E-state index contributed by atoms with van der Waals surface area (Å²) >= 11 is 6.21. The van der Waals surface area contributed by atoms with E-state index in [0.29, 0.717) is 5.56 Å². The van der Waals surface area contributed by atoms with Crippen molar-refractivity contribution in [3.63, 3.8) is 0 Å². The van der Waals surface area contributed by atoms with Crippen LogP contribution in [0.15, 0.2) is 42.5 Å². The fraction of sp³-hybridized carbons (Fsp3) is 0.235. The van der Waals surface area contributed by atoms with Crippen molar-refractivity contribution in [1.29, 1.82) is 0 Å². The maximum Gasteiger partial charge on any atom is 0.335 e. The number of hydrogen-bond donors (Lipinski definition) is 1. The molecule has 0 amide bonds. The molecule has 0 saturated carbocycles. The van der Waals surface area contributed by atoms with Crippen LogP contribution in [-0.2, 0) is 19.5 Å². The lowest BCUT2D eigenvalue weighted by molar-refractivity contribution is 0.0694. The Morgan fingerprint density at radius 2 is 2.00 bits per heavy atom. The van der Waals surface area contributed by atoms with Gasteiger partial charge in [-0.3, -0.25) is 4.90 Å². The molecule has 1 heterocycles. The largest absolute Gasteiger partial charge is 0.478 e. The summed E-state index contributed by atoms with van der Waals surface area (Å²) < 4.78 is 0. The summed E-state index contributed by atoms with van der Waals surface area (Å²) in [6.07, 6.45) is 0.766. The van der Waals surface area contributed by atoms with Crippen molar-refractivity contribution in [2.75, 3.05) is 6.54 Å². The molecular formula is C17H16ClNO2. The summed E-state index contributed by atoms with van der Waals surface area (Å²) in [4.78, 5) is 13.6. The van der Waals surface area contributed by atoms with Crippen LogP contribution < -0.4 is 0 Å². The van der Waals surface area contributed by atoms with E-state index < -0.39 is 5.97 Å². The van der Waals surface area contributed by atoms with Crippen LogP contribution >= 0.6 is 11.6 Å². The third-order valence-electron chi connectivity index (χ3n) is 3.93. The van der Waals surface area contributed by atoms with Crippen molar-refractivity contribution in [3.05, 3.63) is 69.7 Å². The van der Waals surface area contributed by atoms with Gasteiger partial charge in [-0.1, -0.05) is 41.9 Å². The minimum atomic E-state index is -0.841. The second-order valence-corrected chi connectivity index (χ2v) is 5.71. The van der Waals surface area contributed by atoms with Gasteiger partial charge in [0.15, 0.2) is 0 Å². The van der Waals surface area contributed by atoms with Gasteiger partial charge in [-0.15, -0.1) is 0 Å². The molecule has 0 unspecified atom stereocenters. The van der Waals surface area contributed by atoms with E-state index in [1.807, 2.05) is 36.4 Å². The molecule has 0 bridgehead atoms. The Morgan fingerprint density at radius 1 is 1.19 bits per heavy atom. The first-order valence-corrected chi connectivity index (χ1v) is 7.33. The van der Waals surface area contributed by atoms with E-state index in [4.69, 9.17) is 11.6 Å². The maximum absolute atomic E-state index is 11.3. The number of nitrogens with zero attached hydrogens (tertiary/aromatic N) is 1. The maximum atomic E-state index is 11.3. The third kappa shape index (κ3) is 2.94. The lowest BCUT2D eigenvalue weighted by atomic mass is 9.94. The SMILES string of the molecule is O=C(O)c1cccc2c1CCN(Cc1ccccc1Cl)C2. The van der Waals surface area contributed by atoms with Crippen LogP contribution in [0, 0.1) is 0 Å². The summed E-state index contributed by atoms with van der Waals surface area (Å²) in [5.74, 6) is -0.841. The topological polar surface area (TPSA) is 40.5 Å². The van der Waals surface area contributed by atoms with Gasteiger partial charge in [0.1, 0.15) is 0 Å². The van der Waals surface area contributed by atoms with Crippen LogP contribution in [-0.4, -0.2) is 22.5 Å². The Kier molecular flexibility index (Phi) is 3.95. The molecule has 1 N–H and O–H groups in total. The van der Waals surface area contributed by atoms with Gasteiger partial charge < -0.3 is 5.11 Å². The molecule has 0 spiro atoms. The van der Waals surface area contributed by atoms with E-state index >= 15 is 0 Å². The zero-order chi connectivity index (χ0) is 14.8. The minimum absolute atomic E-state index is 0.435. The zero-order valence-electron chi connectivity index (χ0n) is 11.6. The van der Waals surface area contributed by atoms with Gasteiger partial charge in [0.05, 0.1) is 5.56 Å². The second-order valence-electron chi connectivity index (χ2n) is 5.30. The Hall–Kier alpha value is -1.84. The summed E-state index contributed by atoms with van der Waals surface area (Å²) in [5, 5.41) is 10.0. The molecule has 0 aliphatic carbocycles. The third-order valence-corrected chi connectivity index (χ3v) is 4.30. The summed E-state index contributed by atoms with van der Waals surface area (Å²) in [6, 6.07) is 13.4. The Morgan fingerprint density at radius 3 is 2.76 bits per heavy atom. The van der Waals surface area contributed by atoms with E-state index in [0.717, 1.165) is 47.8 Å². The fourth-order valence-electron chi connectivity index (χ4n) is 2.87. The monoisotopic (exact) mass is 301 g/mol. The summed E-state index contributed by atoms with van der Waals surface area (Å²) in [7, 11) is 0. The Balaban J connectivity index is 1.81. The smallest absolute Gasteiger partial charge is 0.335 e. The van der Waals surface area contributed by atoms with Crippen LogP contribution in [0.3, 0.4) is 0 Å². The fourth-order valence-corrected chi connectivity index (χ4v) is 3.07. The van der Waals surface area contributed by atoms with Crippen LogP contribution in [0.1, 0.15) is 27.0 Å². The van der Waals surface area contributed by atoms with Crippen molar-refractivity contribution < 1.29 is 9.90 Å². The molecule has 4 heteroatoms. The number of rotatable bonds is 3. The predicted octanol–water partition coefficient (Wildman–Crippen LogP) is 3.60. The van der Waals surface area contributed by atoms with Gasteiger partial charge >= 0.3 is 5.97 Å². The summed E-state index contributed by atoms with van der Waals surface area (Å²) in [6.45, 7) is 2.40. The molecule has 0 fully saturated rings. The number of carbonyl (C=O) groups is 1. The molecule has 2 aromatic carbocycles. The average Bonchev–Trinajstić information content (AvgIpc) is 2.48. The number of benzene rings is 2. The zero-order valence-corrected chi connectivity index (χ0v) is 12.3. The average molecular weight is 302 g/mol. The number of carboxylic acid groups (broad SMARTS) is 1. The van der Waals surface area contributed by atoms with Crippen LogP contribution in [0.5, 0.6) is 0 Å². The highest BCUT2D eigenvalue weighted by atomic mass is 35.5. The first-order chi connectivity index (χ1) is 10.1. The molecule has 3 rings (SSSR count). The molecule has 0 radical (unpaired) electrons. The van der Waals surface area contributed by atoms with E-state index in [-0.39, 0.29) is 0 Å². The first kappa shape index (κ1) is 14.1. The molecule has 1 aliphatic rings. The van der Waals surface area contributed by atoms with Gasteiger partial charge in [0, 0.05) is 24.7 Å². The van der Waals surface area contributed by atoms with Crippen LogP contribution in [0.4, 0.5) is 0 Å². The molecule has 0 atom stereocenters. The molecule has 1 aliphatic heterocycles. The van der Waals surface area contributed by atoms with Crippen molar-refractivity contribution in [1.82, 2.24) is 4.90 Å². The van der Waals surface area contributed by atoms with Crippen molar-refractivity contribution in [3.8, 4) is 0 Å².